The minimum absolute atomic E-state index is 0.413. The van der Waals surface area contributed by atoms with Gasteiger partial charge in [-0.15, -0.1) is 0 Å². The van der Waals surface area contributed by atoms with E-state index in [4.69, 9.17) is 22.7 Å². The van der Waals surface area contributed by atoms with Crippen molar-refractivity contribution >= 4 is 38.8 Å². The molecule has 1 aliphatic heterocycles. The molecule has 1 fully saturated rings. The summed E-state index contributed by atoms with van der Waals surface area (Å²) in [4.78, 5) is 0.419. The fourth-order valence-electron chi connectivity index (χ4n) is 2.21. The first-order valence-electron chi connectivity index (χ1n) is 6.61. The second-order valence-electron chi connectivity index (χ2n) is 4.76. The molecule has 1 heterocycles. The summed E-state index contributed by atoms with van der Waals surface area (Å²) in [5.74, 6) is 0. The summed E-state index contributed by atoms with van der Waals surface area (Å²) in [7, 11) is 0. The zero-order chi connectivity index (χ0) is 13.7. The lowest BCUT2D eigenvalue weighted by Crippen LogP contribution is -2.22. The molecule has 1 aromatic carbocycles. The van der Waals surface area contributed by atoms with Gasteiger partial charge in [0.05, 0.1) is 6.10 Å². The summed E-state index contributed by atoms with van der Waals surface area (Å²) in [5, 5.41) is 3.42. The predicted octanol–water partition coefficient (Wildman–Crippen LogP) is 3.45. The molecule has 0 aromatic heterocycles. The van der Waals surface area contributed by atoms with Gasteiger partial charge in [0.25, 0.3) is 0 Å². The summed E-state index contributed by atoms with van der Waals surface area (Å²) >= 11 is 8.49. The molecule has 0 spiro atoms. The lowest BCUT2D eigenvalue weighted by molar-refractivity contribution is 0.0134. The van der Waals surface area contributed by atoms with Crippen LogP contribution < -0.4 is 11.1 Å². The van der Waals surface area contributed by atoms with Crippen molar-refractivity contribution in [3.8, 4) is 0 Å². The third-order valence-electron chi connectivity index (χ3n) is 3.31. The SMILES string of the molecule is NC(=S)c1ccc(NCCC2CCCCO2)c(Br)c1. The topological polar surface area (TPSA) is 47.3 Å². The van der Waals surface area contributed by atoms with Gasteiger partial charge in [-0.2, -0.15) is 0 Å². The molecule has 0 aliphatic carbocycles. The molecular formula is C14H19BrN2OS. The third kappa shape index (κ3) is 4.44. The molecule has 0 saturated carbocycles. The second-order valence-corrected chi connectivity index (χ2v) is 6.06. The van der Waals surface area contributed by atoms with Gasteiger partial charge in [-0.3, -0.25) is 0 Å². The Kier molecular flexibility index (Phi) is 5.60. The average molecular weight is 343 g/mol. The lowest BCUT2D eigenvalue weighted by Gasteiger charge is -2.22. The Balaban J connectivity index is 1.83. The number of thiocarbonyl (C=S) groups is 1. The van der Waals surface area contributed by atoms with E-state index < -0.39 is 0 Å². The van der Waals surface area contributed by atoms with Crippen LogP contribution >= 0.6 is 28.1 Å². The Morgan fingerprint density at radius 3 is 2.95 bits per heavy atom. The molecule has 104 valence electrons. The van der Waals surface area contributed by atoms with E-state index in [1.54, 1.807) is 0 Å². The molecule has 3 N–H and O–H groups in total. The number of rotatable bonds is 5. The van der Waals surface area contributed by atoms with Crippen LogP contribution in [0.5, 0.6) is 0 Å². The van der Waals surface area contributed by atoms with Crippen LogP contribution in [-0.2, 0) is 4.74 Å². The minimum atomic E-state index is 0.413. The normalized spacial score (nSPS) is 19.1. The zero-order valence-corrected chi connectivity index (χ0v) is 13.2. The van der Waals surface area contributed by atoms with Crippen LogP contribution in [0.15, 0.2) is 22.7 Å². The fourth-order valence-corrected chi connectivity index (χ4v) is 2.86. The maximum absolute atomic E-state index is 5.71. The highest BCUT2D eigenvalue weighted by Gasteiger charge is 2.13. The Bertz CT molecular complexity index is 447. The summed E-state index contributed by atoms with van der Waals surface area (Å²) < 4.78 is 6.70. The van der Waals surface area contributed by atoms with Crippen molar-refractivity contribution in [2.24, 2.45) is 5.73 Å². The van der Waals surface area contributed by atoms with E-state index in [1.807, 2.05) is 18.2 Å². The number of hydrogen-bond donors (Lipinski definition) is 2. The molecule has 19 heavy (non-hydrogen) atoms. The Hall–Kier alpha value is -0.650. The number of halogens is 1. The fraction of sp³-hybridized carbons (Fsp3) is 0.500. The van der Waals surface area contributed by atoms with Gasteiger partial charge in [-0.1, -0.05) is 12.2 Å². The minimum Gasteiger partial charge on any atom is -0.389 e. The number of nitrogens with one attached hydrogen (secondary N) is 1. The summed E-state index contributed by atoms with van der Waals surface area (Å²) in [6, 6.07) is 5.88. The maximum Gasteiger partial charge on any atom is 0.104 e. The molecule has 3 nitrogen and oxygen atoms in total. The molecule has 1 atom stereocenters. The number of hydrogen-bond acceptors (Lipinski definition) is 3. The lowest BCUT2D eigenvalue weighted by atomic mass is 10.1. The quantitative estimate of drug-likeness (QED) is 0.804. The molecule has 0 radical (unpaired) electrons. The molecular weight excluding hydrogens is 324 g/mol. The monoisotopic (exact) mass is 342 g/mol. The van der Waals surface area contributed by atoms with Gasteiger partial charge in [-0.25, -0.2) is 0 Å². The van der Waals surface area contributed by atoms with E-state index in [0.717, 1.165) is 35.3 Å². The molecule has 0 bridgehead atoms. The van der Waals surface area contributed by atoms with Crippen LogP contribution in [0.2, 0.25) is 0 Å². The number of ether oxygens (including phenoxy) is 1. The maximum atomic E-state index is 5.71. The predicted molar refractivity (Wildman–Crippen MR) is 86.7 cm³/mol. The first-order chi connectivity index (χ1) is 9.16. The number of anilines is 1. The highest BCUT2D eigenvalue weighted by Crippen LogP contribution is 2.24. The first kappa shape index (κ1) is 14.8. The molecule has 2 rings (SSSR count). The molecule has 1 unspecified atom stereocenters. The van der Waals surface area contributed by atoms with Crippen molar-refractivity contribution in [1.29, 1.82) is 0 Å². The van der Waals surface area contributed by atoms with Crippen molar-refractivity contribution in [2.75, 3.05) is 18.5 Å². The Morgan fingerprint density at radius 2 is 2.32 bits per heavy atom. The second kappa shape index (κ2) is 7.22. The van der Waals surface area contributed by atoms with Crippen LogP contribution in [-0.4, -0.2) is 24.2 Å². The highest BCUT2D eigenvalue weighted by atomic mass is 79.9. The molecule has 1 saturated heterocycles. The van der Waals surface area contributed by atoms with Gasteiger partial charge in [0, 0.05) is 28.9 Å². The molecule has 1 aliphatic rings. The third-order valence-corrected chi connectivity index (χ3v) is 4.20. The van der Waals surface area contributed by atoms with Crippen LogP contribution in [0.4, 0.5) is 5.69 Å². The van der Waals surface area contributed by atoms with Crippen molar-refractivity contribution in [3.63, 3.8) is 0 Å². The Morgan fingerprint density at radius 1 is 1.47 bits per heavy atom. The van der Waals surface area contributed by atoms with Gasteiger partial charge in [-0.05, 0) is 59.8 Å². The van der Waals surface area contributed by atoms with Crippen LogP contribution in [0.1, 0.15) is 31.2 Å². The highest BCUT2D eigenvalue weighted by molar-refractivity contribution is 9.10. The van der Waals surface area contributed by atoms with Gasteiger partial charge >= 0.3 is 0 Å². The van der Waals surface area contributed by atoms with Crippen molar-refractivity contribution in [1.82, 2.24) is 0 Å². The Labute approximate surface area is 128 Å². The summed E-state index contributed by atoms with van der Waals surface area (Å²) in [6.07, 6.45) is 5.13. The molecule has 0 amide bonds. The summed E-state index contributed by atoms with van der Waals surface area (Å²) in [5.41, 5.74) is 7.55. The van der Waals surface area contributed by atoms with Crippen molar-refractivity contribution < 1.29 is 4.74 Å². The largest absolute Gasteiger partial charge is 0.389 e. The smallest absolute Gasteiger partial charge is 0.104 e. The van der Waals surface area contributed by atoms with Gasteiger partial charge in [0.15, 0.2) is 0 Å². The van der Waals surface area contributed by atoms with E-state index >= 15 is 0 Å². The van der Waals surface area contributed by atoms with E-state index in [-0.39, 0.29) is 0 Å². The number of nitrogens with two attached hydrogens (primary N) is 1. The van der Waals surface area contributed by atoms with E-state index in [9.17, 15) is 0 Å². The van der Waals surface area contributed by atoms with Crippen molar-refractivity contribution in [3.05, 3.63) is 28.2 Å². The van der Waals surface area contributed by atoms with Crippen LogP contribution in [0.25, 0.3) is 0 Å². The van der Waals surface area contributed by atoms with E-state index in [1.165, 1.54) is 19.3 Å². The zero-order valence-electron chi connectivity index (χ0n) is 10.8. The van der Waals surface area contributed by atoms with Gasteiger partial charge in [0.2, 0.25) is 0 Å². The van der Waals surface area contributed by atoms with Crippen LogP contribution in [0, 0.1) is 0 Å². The first-order valence-corrected chi connectivity index (χ1v) is 7.82. The van der Waals surface area contributed by atoms with Crippen LogP contribution in [0.3, 0.4) is 0 Å². The van der Waals surface area contributed by atoms with Gasteiger partial charge in [0.1, 0.15) is 4.99 Å². The summed E-state index contributed by atoms with van der Waals surface area (Å²) in [6.45, 7) is 1.83. The number of benzene rings is 1. The molecule has 5 heteroatoms. The van der Waals surface area contributed by atoms with Gasteiger partial charge < -0.3 is 15.8 Å². The standard InChI is InChI=1S/C14H19BrN2OS/c15-12-9-10(14(16)19)4-5-13(12)17-7-6-11-3-1-2-8-18-11/h4-5,9,11,17H,1-3,6-8H2,(H2,16,19). The van der Waals surface area contributed by atoms with E-state index in [0.29, 0.717) is 11.1 Å². The van der Waals surface area contributed by atoms with Crippen molar-refractivity contribution in [2.45, 2.75) is 31.8 Å². The average Bonchev–Trinajstić information content (AvgIpc) is 2.41. The van der Waals surface area contributed by atoms with E-state index in [2.05, 4.69) is 21.2 Å². The molecule has 1 aromatic rings.